The van der Waals surface area contributed by atoms with Gasteiger partial charge in [-0.05, 0) is 105 Å². The Hall–Kier alpha value is -7.93. The first-order valence-corrected chi connectivity index (χ1v) is 21.3. The zero-order chi connectivity index (χ0) is 39.8. The number of nitrogens with zero attached hydrogens (tertiary/aromatic N) is 4. The molecule has 1 aliphatic carbocycles. The van der Waals surface area contributed by atoms with Crippen molar-refractivity contribution in [1.82, 2.24) is 19.5 Å². The van der Waals surface area contributed by atoms with Gasteiger partial charge in [-0.3, -0.25) is 4.57 Å². The lowest BCUT2D eigenvalue weighted by molar-refractivity contribution is 0.669. The molecule has 5 nitrogen and oxygen atoms in total. The molecule has 0 fully saturated rings. The number of thiophene rings is 1. The quantitative estimate of drug-likeness (QED) is 0.178. The number of para-hydroxylation sites is 2. The second kappa shape index (κ2) is 12.3. The van der Waals surface area contributed by atoms with E-state index in [9.17, 15) is 0 Å². The van der Waals surface area contributed by atoms with Gasteiger partial charge in [0.25, 0.3) is 0 Å². The molecule has 14 rings (SSSR count). The molecule has 61 heavy (non-hydrogen) atoms. The zero-order valence-corrected chi connectivity index (χ0v) is 33.2. The van der Waals surface area contributed by atoms with Crippen LogP contribution in [0.4, 0.5) is 0 Å². The Labute approximate surface area is 352 Å². The van der Waals surface area contributed by atoms with Crippen molar-refractivity contribution in [3.05, 3.63) is 182 Å². The molecule has 0 amide bonds. The summed E-state index contributed by atoms with van der Waals surface area (Å²) in [5.41, 5.74) is 13.3. The lowest BCUT2D eigenvalue weighted by Gasteiger charge is -2.11. The predicted octanol–water partition coefficient (Wildman–Crippen LogP) is 15.0. The van der Waals surface area contributed by atoms with E-state index in [2.05, 4.69) is 138 Å². The topological polar surface area (TPSA) is 56.7 Å². The van der Waals surface area contributed by atoms with E-state index in [4.69, 9.17) is 19.4 Å². The summed E-state index contributed by atoms with van der Waals surface area (Å²) in [6.07, 6.45) is 0. The van der Waals surface area contributed by atoms with Gasteiger partial charge in [0.2, 0.25) is 5.95 Å². The van der Waals surface area contributed by atoms with Crippen LogP contribution in [0.3, 0.4) is 0 Å². The van der Waals surface area contributed by atoms with Crippen LogP contribution in [0.2, 0.25) is 0 Å². The van der Waals surface area contributed by atoms with Crippen molar-refractivity contribution in [3.63, 3.8) is 0 Å². The standard InChI is InChI=1S/C55H30N4OS/c1-2-11-31(12-3-1)53-56-54(34-22-25-48-42(29-34)38-16-7-9-20-47(38)60-48)58-55(57-53)59-45-19-8-6-15-37(45)41-27-32(21-24-46(41)59)33-23-26-49-44(28-33)52-40-18-10-17-39-35-13-4-5-14-36(35)43(51(39)40)30-50(52)61-49/h1-30H. The third-order valence-electron chi connectivity index (χ3n) is 12.6. The van der Waals surface area contributed by atoms with Crippen LogP contribution in [-0.4, -0.2) is 19.5 Å². The molecule has 1 aliphatic rings. The number of hydrogen-bond acceptors (Lipinski definition) is 5. The Morgan fingerprint density at radius 2 is 1.00 bits per heavy atom. The second-order valence-corrected chi connectivity index (χ2v) is 17.0. The minimum Gasteiger partial charge on any atom is -0.456 e. The van der Waals surface area contributed by atoms with E-state index >= 15 is 0 Å². The third kappa shape index (κ3) is 4.73. The van der Waals surface area contributed by atoms with Crippen molar-refractivity contribution in [3.8, 4) is 62.1 Å². The highest BCUT2D eigenvalue weighted by molar-refractivity contribution is 7.26. The molecule has 0 aliphatic heterocycles. The molecule has 0 N–H and O–H groups in total. The summed E-state index contributed by atoms with van der Waals surface area (Å²) >= 11 is 1.89. The fourth-order valence-corrected chi connectivity index (χ4v) is 11.0. The minimum absolute atomic E-state index is 0.566. The molecule has 6 heteroatoms. The fourth-order valence-electron chi connectivity index (χ4n) is 9.86. The van der Waals surface area contributed by atoms with E-state index in [-0.39, 0.29) is 0 Å². The number of fused-ring (bicyclic) bond motifs is 13. The summed E-state index contributed by atoms with van der Waals surface area (Å²) in [6.45, 7) is 0. The number of furan rings is 1. The number of hydrogen-bond donors (Lipinski definition) is 0. The lowest BCUT2D eigenvalue weighted by Crippen LogP contribution is -2.06. The smallest absolute Gasteiger partial charge is 0.238 e. The zero-order valence-electron chi connectivity index (χ0n) is 32.4. The second-order valence-electron chi connectivity index (χ2n) is 15.9. The summed E-state index contributed by atoms with van der Waals surface area (Å²) in [5, 5.41) is 9.70. The molecule has 0 bridgehead atoms. The first kappa shape index (κ1) is 33.0. The van der Waals surface area contributed by atoms with Gasteiger partial charge in [0.05, 0.1) is 11.0 Å². The molecule has 282 valence electrons. The maximum absolute atomic E-state index is 6.17. The average Bonchev–Trinajstić information content (AvgIpc) is 4.07. The Morgan fingerprint density at radius 1 is 0.361 bits per heavy atom. The molecule has 0 radical (unpaired) electrons. The predicted molar refractivity (Wildman–Crippen MR) is 253 cm³/mol. The number of aromatic nitrogens is 4. The van der Waals surface area contributed by atoms with Crippen LogP contribution in [-0.2, 0) is 0 Å². The summed E-state index contributed by atoms with van der Waals surface area (Å²) in [7, 11) is 0. The molecule has 4 aromatic heterocycles. The van der Waals surface area contributed by atoms with Crippen LogP contribution < -0.4 is 0 Å². The molecule has 0 saturated heterocycles. The first-order valence-electron chi connectivity index (χ1n) is 20.5. The van der Waals surface area contributed by atoms with Crippen molar-refractivity contribution in [2.24, 2.45) is 0 Å². The van der Waals surface area contributed by atoms with E-state index < -0.39 is 0 Å². The van der Waals surface area contributed by atoms with Crippen LogP contribution in [0.1, 0.15) is 0 Å². The normalized spacial score (nSPS) is 12.3. The summed E-state index contributed by atoms with van der Waals surface area (Å²) in [4.78, 5) is 15.5. The highest BCUT2D eigenvalue weighted by atomic mass is 32.1. The van der Waals surface area contributed by atoms with Crippen LogP contribution >= 0.6 is 11.3 Å². The third-order valence-corrected chi connectivity index (χ3v) is 13.7. The van der Waals surface area contributed by atoms with Gasteiger partial charge in [0.1, 0.15) is 11.2 Å². The molecule has 13 aromatic rings. The van der Waals surface area contributed by atoms with Crippen LogP contribution in [0.25, 0.3) is 137 Å². The first-order chi connectivity index (χ1) is 30.2. The molecule has 4 heterocycles. The lowest BCUT2D eigenvalue weighted by atomic mass is 9.96. The van der Waals surface area contributed by atoms with Gasteiger partial charge in [0, 0.05) is 52.8 Å². The van der Waals surface area contributed by atoms with Crippen molar-refractivity contribution in [2.75, 3.05) is 0 Å². The van der Waals surface area contributed by atoms with E-state index in [1.54, 1.807) is 0 Å². The monoisotopic (exact) mass is 794 g/mol. The molecule has 0 unspecified atom stereocenters. The molecular formula is C55H30N4OS. The Balaban J connectivity index is 0.952. The van der Waals surface area contributed by atoms with E-state index in [1.165, 1.54) is 58.8 Å². The minimum atomic E-state index is 0.566. The number of benzene rings is 9. The Bertz CT molecular complexity index is 4010. The van der Waals surface area contributed by atoms with Gasteiger partial charge in [-0.2, -0.15) is 9.97 Å². The highest BCUT2D eigenvalue weighted by Crippen LogP contribution is 2.52. The van der Waals surface area contributed by atoms with Crippen LogP contribution in [0, 0.1) is 0 Å². The van der Waals surface area contributed by atoms with Crippen molar-refractivity contribution in [2.45, 2.75) is 0 Å². The van der Waals surface area contributed by atoms with E-state index in [0.29, 0.717) is 17.6 Å². The van der Waals surface area contributed by atoms with E-state index in [0.717, 1.165) is 60.4 Å². The summed E-state index contributed by atoms with van der Waals surface area (Å²) in [6, 6.07) is 64.9. The average molecular weight is 795 g/mol. The van der Waals surface area contributed by atoms with Gasteiger partial charge in [-0.15, -0.1) is 11.3 Å². The largest absolute Gasteiger partial charge is 0.456 e. The van der Waals surface area contributed by atoms with Crippen LogP contribution in [0.15, 0.2) is 186 Å². The maximum atomic E-state index is 6.17. The molecule has 0 atom stereocenters. The van der Waals surface area contributed by atoms with Gasteiger partial charge >= 0.3 is 0 Å². The van der Waals surface area contributed by atoms with Gasteiger partial charge in [-0.25, -0.2) is 4.98 Å². The van der Waals surface area contributed by atoms with Gasteiger partial charge in [0.15, 0.2) is 11.6 Å². The number of rotatable bonds is 4. The van der Waals surface area contributed by atoms with Crippen molar-refractivity contribution < 1.29 is 4.42 Å². The van der Waals surface area contributed by atoms with Gasteiger partial charge in [-0.1, -0.05) is 121 Å². The van der Waals surface area contributed by atoms with Gasteiger partial charge < -0.3 is 4.42 Å². The SMILES string of the molecule is c1ccc(-c2nc(-c3ccc4oc5ccccc5c4c3)nc(-n3c4ccccc4c4cc(-c5ccc6sc7cc8c9c(cccc9c7c6c5)-c5ccccc5-8)ccc43)n2)cc1. The van der Waals surface area contributed by atoms with Crippen molar-refractivity contribution >= 4 is 86.0 Å². The maximum Gasteiger partial charge on any atom is 0.238 e. The molecule has 0 saturated carbocycles. The van der Waals surface area contributed by atoms with Crippen molar-refractivity contribution in [1.29, 1.82) is 0 Å². The van der Waals surface area contributed by atoms with Crippen LogP contribution in [0.5, 0.6) is 0 Å². The molecular weight excluding hydrogens is 765 g/mol. The highest BCUT2D eigenvalue weighted by Gasteiger charge is 2.24. The fraction of sp³-hybridized carbons (Fsp3) is 0. The van der Waals surface area contributed by atoms with E-state index in [1.807, 2.05) is 59.9 Å². The molecule has 9 aromatic carbocycles. The molecule has 0 spiro atoms. The summed E-state index contributed by atoms with van der Waals surface area (Å²) in [5.74, 6) is 1.78. The summed E-state index contributed by atoms with van der Waals surface area (Å²) < 4.78 is 11.0. The Morgan fingerprint density at radius 3 is 1.89 bits per heavy atom. The Kier molecular flexibility index (Phi) is 6.65.